The van der Waals surface area contributed by atoms with E-state index in [0.717, 1.165) is 23.0 Å². The minimum absolute atomic E-state index is 0.0920. The van der Waals surface area contributed by atoms with Crippen LogP contribution in [0.4, 0.5) is 10.7 Å². The highest BCUT2D eigenvalue weighted by molar-refractivity contribution is 5.81. The van der Waals surface area contributed by atoms with Crippen molar-refractivity contribution in [3.63, 3.8) is 0 Å². The number of anilines is 1. The minimum atomic E-state index is -0.604. The highest BCUT2D eigenvalue weighted by Crippen LogP contribution is 2.24. The van der Waals surface area contributed by atoms with Crippen LogP contribution in [-0.4, -0.2) is 62.6 Å². The number of ether oxygens (including phenoxy) is 2. The number of alkyl carbamates (subject to hydrolysis) is 1. The Bertz CT molecular complexity index is 1370. The van der Waals surface area contributed by atoms with Gasteiger partial charge >= 0.3 is 17.8 Å². The molecule has 12 nitrogen and oxygen atoms in total. The van der Waals surface area contributed by atoms with Crippen molar-refractivity contribution in [2.75, 3.05) is 25.1 Å². The normalized spacial score (nSPS) is 16.1. The number of aryl methyl sites for hydroxylation is 1. The largest absolute Gasteiger partial charge is 0.466 e. The predicted molar refractivity (Wildman–Crippen MR) is 144 cm³/mol. The molecule has 1 fully saturated rings. The second-order valence-corrected chi connectivity index (χ2v) is 10.6. The fourth-order valence-corrected chi connectivity index (χ4v) is 4.28. The van der Waals surface area contributed by atoms with Gasteiger partial charge in [0.1, 0.15) is 5.60 Å². The van der Waals surface area contributed by atoms with Crippen molar-refractivity contribution in [3.8, 4) is 0 Å². The van der Waals surface area contributed by atoms with Crippen LogP contribution in [0.3, 0.4) is 0 Å². The van der Waals surface area contributed by atoms with Gasteiger partial charge in [0.15, 0.2) is 11.2 Å². The molecule has 38 heavy (non-hydrogen) atoms. The summed E-state index contributed by atoms with van der Waals surface area (Å²) in [7, 11) is 2.82. The zero-order chi connectivity index (χ0) is 28.2. The highest BCUT2D eigenvalue weighted by Gasteiger charge is 2.29. The molecule has 1 saturated heterocycles. The molecule has 208 valence electrons. The third kappa shape index (κ3) is 6.73. The van der Waals surface area contributed by atoms with E-state index < -0.39 is 28.9 Å². The van der Waals surface area contributed by atoms with Gasteiger partial charge in [-0.15, -0.1) is 0 Å². The second-order valence-electron chi connectivity index (χ2n) is 10.6. The van der Waals surface area contributed by atoms with Crippen molar-refractivity contribution in [2.45, 2.75) is 72.2 Å². The lowest BCUT2D eigenvalue weighted by molar-refractivity contribution is -0.134. The van der Waals surface area contributed by atoms with Gasteiger partial charge in [-0.05, 0) is 47.5 Å². The number of esters is 1. The summed E-state index contributed by atoms with van der Waals surface area (Å²) in [6, 6.07) is -0.167. The molecule has 3 rings (SSSR count). The van der Waals surface area contributed by atoms with Crippen LogP contribution in [0.1, 0.15) is 47.5 Å². The number of imidazole rings is 1. The first kappa shape index (κ1) is 28.7. The molecule has 0 radical (unpaired) electrons. The van der Waals surface area contributed by atoms with Crippen molar-refractivity contribution < 1.29 is 19.1 Å². The SMILES string of the molecule is COC(=O)/C=C/Cn1c(=O)c2c(nc(N3CCCC(NC(=O)OC(C)(C)C)C3)n2CC=C(C)C)n(C)c1=O. The van der Waals surface area contributed by atoms with E-state index in [1.54, 1.807) is 11.6 Å². The molecule has 0 aliphatic carbocycles. The number of nitrogens with one attached hydrogen (secondary N) is 1. The van der Waals surface area contributed by atoms with Crippen LogP contribution >= 0.6 is 0 Å². The monoisotopic (exact) mass is 530 g/mol. The number of nitrogens with zero attached hydrogens (tertiary/aromatic N) is 5. The number of fused-ring (bicyclic) bond motifs is 1. The molecular formula is C26H38N6O6. The third-order valence-corrected chi connectivity index (χ3v) is 6.06. The van der Waals surface area contributed by atoms with Gasteiger partial charge in [0.25, 0.3) is 5.56 Å². The van der Waals surface area contributed by atoms with E-state index in [4.69, 9.17) is 9.72 Å². The second kappa shape index (κ2) is 11.7. The number of amides is 1. The van der Waals surface area contributed by atoms with Gasteiger partial charge in [-0.2, -0.15) is 4.98 Å². The Morgan fingerprint density at radius 1 is 1.16 bits per heavy atom. The molecule has 1 atom stereocenters. The first-order valence-corrected chi connectivity index (χ1v) is 12.6. The van der Waals surface area contributed by atoms with Crippen molar-refractivity contribution in [2.24, 2.45) is 7.05 Å². The van der Waals surface area contributed by atoms with Gasteiger partial charge in [0.2, 0.25) is 5.95 Å². The maximum atomic E-state index is 13.6. The van der Waals surface area contributed by atoms with Crippen LogP contribution in [0.15, 0.2) is 33.4 Å². The van der Waals surface area contributed by atoms with E-state index in [-0.39, 0.29) is 23.8 Å². The number of methoxy groups -OCH3 is 1. The van der Waals surface area contributed by atoms with Gasteiger partial charge in [-0.25, -0.2) is 14.4 Å². The molecule has 0 bridgehead atoms. The first-order chi connectivity index (χ1) is 17.8. The summed E-state index contributed by atoms with van der Waals surface area (Å²) in [5, 5.41) is 2.94. The van der Waals surface area contributed by atoms with Gasteiger partial charge in [-0.1, -0.05) is 17.7 Å². The summed E-state index contributed by atoms with van der Waals surface area (Å²) in [5.41, 5.74) is -0.0292. The summed E-state index contributed by atoms with van der Waals surface area (Å²) >= 11 is 0. The molecule has 1 N–H and O–H groups in total. The highest BCUT2D eigenvalue weighted by atomic mass is 16.6. The Balaban J connectivity index is 2.05. The van der Waals surface area contributed by atoms with Crippen LogP contribution < -0.4 is 21.5 Å². The number of hydrogen-bond acceptors (Lipinski definition) is 8. The molecule has 0 aromatic carbocycles. The van der Waals surface area contributed by atoms with Crippen LogP contribution in [0.2, 0.25) is 0 Å². The molecule has 2 aromatic heterocycles. The molecule has 12 heteroatoms. The van der Waals surface area contributed by atoms with Crippen LogP contribution in [0.25, 0.3) is 11.2 Å². The van der Waals surface area contributed by atoms with Gasteiger partial charge < -0.3 is 24.3 Å². The summed E-state index contributed by atoms with van der Waals surface area (Å²) in [4.78, 5) is 57.2. The number of hydrogen-bond donors (Lipinski definition) is 1. The lowest BCUT2D eigenvalue weighted by atomic mass is 10.1. The minimum Gasteiger partial charge on any atom is -0.466 e. The standard InChI is InChI=1S/C26H38N6O6/c1-17(2)12-15-31-20-21(29(6)25(36)32(22(20)34)14-9-11-19(33)37-7)28-23(31)30-13-8-10-18(16-30)27-24(35)38-26(3,4)5/h9,11-12,18H,8,10,13-16H2,1-7H3,(H,27,35)/b11-9+. The van der Waals surface area contributed by atoms with Crippen molar-refractivity contribution >= 4 is 29.2 Å². The van der Waals surface area contributed by atoms with Crippen molar-refractivity contribution in [3.05, 3.63) is 44.6 Å². The maximum Gasteiger partial charge on any atom is 0.407 e. The number of carbonyl (C=O) groups is 2. The van der Waals surface area contributed by atoms with Crippen LogP contribution in [0.5, 0.6) is 0 Å². The average Bonchev–Trinajstić information content (AvgIpc) is 3.22. The zero-order valence-electron chi connectivity index (χ0n) is 23.2. The van der Waals surface area contributed by atoms with E-state index in [1.165, 1.54) is 23.8 Å². The molecule has 1 aliphatic heterocycles. The molecule has 1 amide bonds. The van der Waals surface area contributed by atoms with E-state index >= 15 is 0 Å². The topological polar surface area (TPSA) is 130 Å². The van der Waals surface area contributed by atoms with E-state index in [1.807, 2.05) is 45.6 Å². The Labute approximate surface area is 221 Å². The van der Waals surface area contributed by atoms with Gasteiger partial charge in [0, 0.05) is 45.3 Å². The molecule has 1 unspecified atom stereocenters. The van der Waals surface area contributed by atoms with E-state index in [2.05, 4.69) is 10.1 Å². The van der Waals surface area contributed by atoms with Gasteiger partial charge in [-0.3, -0.25) is 13.9 Å². The number of carbonyl (C=O) groups excluding carboxylic acids is 2. The zero-order valence-corrected chi connectivity index (χ0v) is 23.2. The van der Waals surface area contributed by atoms with Gasteiger partial charge in [0.05, 0.1) is 7.11 Å². The van der Waals surface area contributed by atoms with Crippen LogP contribution in [0, 0.1) is 0 Å². The number of allylic oxidation sites excluding steroid dienone is 3. The summed E-state index contributed by atoms with van der Waals surface area (Å²) in [6.45, 7) is 10.8. The molecule has 0 spiro atoms. The number of piperidine rings is 1. The lowest BCUT2D eigenvalue weighted by Gasteiger charge is -2.34. The quantitative estimate of drug-likeness (QED) is 0.327. The number of aromatic nitrogens is 4. The smallest absolute Gasteiger partial charge is 0.407 e. The number of rotatable bonds is 7. The Morgan fingerprint density at radius 3 is 2.50 bits per heavy atom. The van der Waals surface area contributed by atoms with Crippen LogP contribution in [-0.2, 0) is 34.4 Å². The summed E-state index contributed by atoms with van der Waals surface area (Å²) < 4.78 is 14.2. The fourth-order valence-electron chi connectivity index (χ4n) is 4.28. The maximum absolute atomic E-state index is 13.6. The Hall–Kier alpha value is -3.83. The molecule has 1 aliphatic rings. The summed E-state index contributed by atoms with van der Waals surface area (Å²) in [6.07, 6.45) is 5.67. The average molecular weight is 531 g/mol. The lowest BCUT2D eigenvalue weighted by Crippen LogP contribution is -2.49. The molecular weight excluding hydrogens is 492 g/mol. The third-order valence-electron chi connectivity index (χ3n) is 6.06. The van der Waals surface area contributed by atoms with Crippen molar-refractivity contribution in [1.82, 2.24) is 24.0 Å². The molecule has 2 aromatic rings. The predicted octanol–water partition coefficient (Wildman–Crippen LogP) is 2.09. The van der Waals surface area contributed by atoms with E-state index in [0.29, 0.717) is 25.6 Å². The molecule has 0 saturated carbocycles. The Kier molecular flexibility index (Phi) is 8.85. The first-order valence-electron chi connectivity index (χ1n) is 12.6. The fraction of sp³-hybridized carbons (Fsp3) is 0.577. The van der Waals surface area contributed by atoms with Crippen molar-refractivity contribution in [1.29, 1.82) is 0 Å². The van der Waals surface area contributed by atoms with E-state index in [9.17, 15) is 19.2 Å². The molecule has 3 heterocycles. The Morgan fingerprint density at radius 2 is 1.87 bits per heavy atom. The summed E-state index contributed by atoms with van der Waals surface area (Å²) in [5.74, 6) is -0.0328.